The first-order valence-corrected chi connectivity index (χ1v) is 17.2. The number of hydrogen-bond acceptors (Lipinski definition) is 6. The lowest BCUT2D eigenvalue weighted by Gasteiger charge is -2.15. The number of carbonyl (C=O) groups is 1. The van der Waals surface area contributed by atoms with E-state index in [-0.39, 0.29) is 17.6 Å². The maximum absolute atomic E-state index is 13.2. The Bertz CT molecular complexity index is 1820. The van der Waals surface area contributed by atoms with Gasteiger partial charge in [-0.2, -0.15) is 0 Å². The predicted octanol–water partition coefficient (Wildman–Crippen LogP) is 7.87. The van der Waals surface area contributed by atoms with Crippen LogP contribution >= 0.6 is 0 Å². The van der Waals surface area contributed by atoms with Crippen molar-refractivity contribution < 1.29 is 24.1 Å². The van der Waals surface area contributed by atoms with Crippen molar-refractivity contribution in [2.45, 2.75) is 83.3 Å². The van der Waals surface area contributed by atoms with E-state index < -0.39 is 0 Å². The summed E-state index contributed by atoms with van der Waals surface area (Å²) >= 11 is 0. The third-order valence-corrected chi connectivity index (χ3v) is 8.94. The summed E-state index contributed by atoms with van der Waals surface area (Å²) in [6, 6.07) is 23.8. The van der Waals surface area contributed by atoms with Gasteiger partial charge in [0.1, 0.15) is 30.4 Å². The minimum Gasteiger partial charge on any atom is -0.508 e. The number of methoxy groups -OCH3 is 1. The number of ether oxygens (including phenoxy) is 3. The van der Waals surface area contributed by atoms with E-state index in [2.05, 4.69) is 40.5 Å². The first-order chi connectivity index (χ1) is 23.9. The van der Waals surface area contributed by atoms with Gasteiger partial charge in [0, 0.05) is 37.6 Å². The zero-order chi connectivity index (χ0) is 34.4. The van der Waals surface area contributed by atoms with Crippen molar-refractivity contribution >= 4 is 28.2 Å². The number of aryl methyl sites for hydroxylation is 2. The molecular formula is C41H47N3O5. The van der Waals surface area contributed by atoms with Crippen molar-refractivity contribution in [1.82, 2.24) is 0 Å². The Labute approximate surface area is 289 Å². The number of guanidine groups is 1. The van der Waals surface area contributed by atoms with Crippen molar-refractivity contribution in [3.8, 4) is 29.3 Å². The van der Waals surface area contributed by atoms with Gasteiger partial charge in [-0.25, -0.2) is 0 Å². The smallest absolute Gasteiger partial charge is 0.192 e. The van der Waals surface area contributed by atoms with Gasteiger partial charge in [0.15, 0.2) is 17.5 Å². The number of hydrogen-bond donors (Lipinski definition) is 3. The van der Waals surface area contributed by atoms with Gasteiger partial charge in [0.05, 0.1) is 7.11 Å². The summed E-state index contributed by atoms with van der Waals surface area (Å²) < 4.78 is 17.8. The maximum atomic E-state index is 13.2. The van der Waals surface area contributed by atoms with Crippen LogP contribution in [0.25, 0.3) is 10.8 Å². The highest BCUT2D eigenvalue weighted by molar-refractivity contribution is 5.92. The Morgan fingerprint density at radius 3 is 2.69 bits per heavy atom. The molecule has 2 aliphatic heterocycles. The van der Waals surface area contributed by atoms with Gasteiger partial charge in [0.25, 0.3) is 0 Å². The molecule has 8 heteroatoms. The van der Waals surface area contributed by atoms with E-state index in [1.54, 1.807) is 20.2 Å². The van der Waals surface area contributed by atoms with Crippen molar-refractivity contribution in [2.24, 2.45) is 10.7 Å². The standard InChI is InChI=1S/C41H47N3O5/c1-43-41(42)44-33-12-8-11-29(25-33)10-6-4-3-5-7-13-35-27-34(45)19-15-30-17-22-39(47-2)40(26-30)49-28-31-16-20-36-32(24-31)18-21-38(46)37(36)14-9-23-48-35/h8,11-12,16-18,20-22,24-26,35,46H,3-7,10,13-15,19,27-28H2,1-2H3,(H3,42,43,44)/t35-/m1/s1. The molecule has 0 saturated carbocycles. The lowest BCUT2D eigenvalue weighted by atomic mass is 9.99. The molecule has 0 aliphatic carbocycles. The molecule has 0 saturated heterocycles. The summed E-state index contributed by atoms with van der Waals surface area (Å²) in [5.41, 5.74) is 10.8. The Hall–Kier alpha value is -5.16. The highest BCUT2D eigenvalue weighted by Crippen LogP contribution is 2.32. The van der Waals surface area contributed by atoms with Gasteiger partial charge in [-0.05, 0) is 96.0 Å². The molecule has 0 fully saturated rings. The number of ketones is 1. The molecule has 0 unspecified atom stereocenters. The molecule has 6 bridgehead atoms. The molecule has 4 N–H and O–H groups in total. The van der Waals surface area contributed by atoms with Crippen LogP contribution in [-0.2, 0) is 35.4 Å². The SMILES string of the molecule is CN=C(N)Nc1cccc(CCCCCCC[C@@H]2CC(=O)CCc3ccc(OC)c(c3)OCc3ccc4c(c(O)ccc4c3)CC#CO2)c1. The maximum Gasteiger partial charge on any atom is 0.192 e. The van der Waals surface area contributed by atoms with E-state index >= 15 is 0 Å². The first kappa shape index (κ1) is 35.2. The number of nitrogens with one attached hydrogen (secondary N) is 1. The minimum atomic E-state index is -0.283. The summed E-state index contributed by atoms with van der Waals surface area (Å²) in [4.78, 5) is 17.1. The second-order valence-electron chi connectivity index (χ2n) is 12.6. The molecule has 0 spiro atoms. The van der Waals surface area contributed by atoms with Crippen molar-refractivity contribution in [1.29, 1.82) is 0 Å². The van der Waals surface area contributed by atoms with E-state index in [1.807, 2.05) is 48.5 Å². The summed E-state index contributed by atoms with van der Waals surface area (Å²) in [6.07, 6.45) is 11.4. The fraction of sp³-hybridized carbons (Fsp3) is 0.366. The zero-order valence-corrected chi connectivity index (χ0v) is 28.6. The average Bonchev–Trinajstić information content (AvgIpc) is 3.11. The van der Waals surface area contributed by atoms with Gasteiger partial charge in [-0.3, -0.25) is 9.79 Å². The molecule has 256 valence electrons. The number of carbonyl (C=O) groups excluding carboxylic acids is 1. The lowest BCUT2D eigenvalue weighted by molar-refractivity contribution is -0.121. The largest absolute Gasteiger partial charge is 0.508 e. The number of fused-ring (bicyclic) bond motifs is 9. The number of nitrogens with zero attached hydrogens (tertiary/aromatic N) is 1. The molecule has 1 atom stereocenters. The topological polar surface area (TPSA) is 115 Å². The van der Waals surface area contributed by atoms with Crippen LogP contribution in [0, 0.1) is 12.0 Å². The van der Waals surface area contributed by atoms with Crippen LogP contribution in [0.3, 0.4) is 0 Å². The number of aliphatic imine (C=N–C) groups is 1. The van der Waals surface area contributed by atoms with Crippen LogP contribution in [-0.4, -0.2) is 37.1 Å². The number of anilines is 1. The lowest BCUT2D eigenvalue weighted by Crippen LogP contribution is -2.21. The van der Waals surface area contributed by atoms with Crippen LogP contribution < -0.4 is 20.5 Å². The van der Waals surface area contributed by atoms with Gasteiger partial charge in [-0.1, -0.05) is 61.6 Å². The zero-order valence-electron chi connectivity index (χ0n) is 28.6. The van der Waals surface area contributed by atoms with Gasteiger partial charge in [0.2, 0.25) is 0 Å². The van der Waals surface area contributed by atoms with E-state index in [1.165, 1.54) is 5.56 Å². The van der Waals surface area contributed by atoms with E-state index in [0.717, 1.165) is 78.1 Å². The first-order valence-electron chi connectivity index (χ1n) is 17.2. The van der Waals surface area contributed by atoms with E-state index in [0.29, 0.717) is 49.7 Å². The molecule has 0 radical (unpaired) electrons. The molecule has 2 heterocycles. The number of aromatic hydroxyl groups is 1. The number of phenols is 1. The Morgan fingerprint density at radius 2 is 1.84 bits per heavy atom. The second-order valence-corrected chi connectivity index (χ2v) is 12.6. The van der Waals surface area contributed by atoms with Crippen LogP contribution in [0.5, 0.6) is 17.2 Å². The summed E-state index contributed by atoms with van der Waals surface area (Å²) in [5, 5.41) is 15.7. The number of phenolic OH excluding ortho intramolecular Hbond substituents is 1. The number of unbranched alkanes of at least 4 members (excludes halogenated alkanes) is 4. The summed E-state index contributed by atoms with van der Waals surface area (Å²) in [6.45, 7) is 0.358. The Kier molecular flexibility index (Phi) is 12.8. The summed E-state index contributed by atoms with van der Waals surface area (Å²) in [7, 11) is 3.29. The van der Waals surface area contributed by atoms with Crippen LogP contribution in [0.1, 0.15) is 73.6 Å². The van der Waals surface area contributed by atoms with E-state index in [9.17, 15) is 9.90 Å². The third-order valence-electron chi connectivity index (χ3n) is 8.94. The van der Waals surface area contributed by atoms with Crippen molar-refractivity contribution in [2.75, 3.05) is 19.5 Å². The highest BCUT2D eigenvalue weighted by Gasteiger charge is 2.16. The quantitative estimate of drug-likeness (QED) is 0.0686. The fourth-order valence-corrected chi connectivity index (χ4v) is 6.19. The second kappa shape index (κ2) is 17.8. The monoisotopic (exact) mass is 661 g/mol. The van der Waals surface area contributed by atoms with Crippen molar-refractivity contribution in [3.63, 3.8) is 0 Å². The molecule has 0 aromatic heterocycles. The molecule has 8 nitrogen and oxygen atoms in total. The highest BCUT2D eigenvalue weighted by atomic mass is 16.5. The molecule has 4 aromatic carbocycles. The number of Topliss-reactive ketones (excluding diaryl/α,β-unsaturated/α-hetero) is 1. The van der Waals surface area contributed by atoms with E-state index in [4.69, 9.17) is 19.9 Å². The number of benzene rings is 4. The summed E-state index contributed by atoms with van der Waals surface area (Å²) in [5.74, 6) is 5.13. The fourth-order valence-electron chi connectivity index (χ4n) is 6.19. The number of nitrogens with two attached hydrogens (primary N) is 1. The predicted molar refractivity (Wildman–Crippen MR) is 196 cm³/mol. The Balaban J connectivity index is 1.21. The van der Waals surface area contributed by atoms with Crippen LogP contribution in [0.2, 0.25) is 0 Å². The van der Waals surface area contributed by atoms with Crippen LogP contribution in [0.15, 0.2) is 77.8 Å². The molecule has 2 aliphatic rings. The third kappa shape index (κ3) is 10.4. The molecule has 4 aromatic rings. The normalized spacial score (nSPS) is 15.3. The van der Waals surface area contributed by atoms with Gasteiger partial charge < -0.3 is 30.4 Å². The average molecular weight is 662 g/mol. The molecule has 6 rings (SSSR count). The Morgan fingerprint density at radius 1 is 1.00 bits per heavy atom. The van der Waals surface area contributed by atoms with Gasteiger partial charge in [-0.15, -0.1) is 0 Å². The van der Waals surface area contributed by atoms with Gasteiger partial charge >= 0.3 is 0 Å². The van der Waals surface area contributed by atoms with Crippen molar-refractivity contribution in [3.05, 3.63) is 95.1 Å². The molecule has 49 heavy (non-hydrogen) atoms. The van der Waals surface area contributed by atoms with Crippen LogP contribution in [0.4, 0.5) is 5.69 Å². The molecular weight excluding hydrogens is 614 g/mol. The number of rotatable bonds is 10. The minimum absolute atomic E-state index is 0.145. The molecule has 0 amide bonds.